The maximum atomic E-state index is 12.9. The van der Waals surface area contributed by atoms with Gasteiger partial charge in [0.05, 0.1) is 6.61 Å². The van der Waals surface area contributed by atoms with Crippen molar-refractivity contribution in [1.82, 2.24) is 10.6 Å². The summed E-state index contributed by atoms with van der Waals surface area (Å²) < 4.78 is 18.0. The highest BCUT2D eigenvalue weighted by Crippen LogP contribution is 2.05. The Balaban J connectivity index is 1.74. The number of nitrogens with one attached hydrogen (secondary N) is 2. The molecule has 0 aromatic heterocycles. The van der Waals surface area contributed by atoms with Crippen LogP contribution >= 0.6 is 0 Å². The minimum absolute atomic E-state index is 0.208. The lowest BCUT2D eigenvalue weighted by molar-refractivity contribution is 0.185. The predicted molar refractivity (Wildman–Crippen MR) is 95.5 cm³/mol. The van der Waals surface area contributed by atoms with Gasteiger partial charge < -0.3 is 15.4 Å². The average molecular weight is 329 g/mol. The van der Waals surface area contributed by atoms with Crippen LogP contribution in [0.3, 0.4) is 0 Å². The van der Waals surface area contributed by atoms with Crippen molar-refractivity contribution in [2.24, 2.45) is 4.99 Å². The molecule has 24 heavy (non-hydrogen) atoms. The molecule has 0 heterocycles. The minimum Gasteiger partial charge on any atom is -0.380 e. The molecule has 2 N–H and O–H groups in total. The fourth-order valence-corrected chi connectivity index (χ4v) is 2.30. The van der Waals surface area contributed by atoms with E-state index >= 15 is 0 Å². The molecule has 2 aromatic rings. The first-order valence-corrected chi connectivity index (χ1v) is 7.97. The number of aliphatic imine (C=N–C) groups is 1. The van der Waals surface area contributed by atoms with Crippen LogP contribution in [0.15, 0.2) is 53.5 Å². The maximum Gasteiger partial charge on any atom is 0.191 e. The molecule has 0 saturated heterocycles. The van der Waals surface area contributed by atoms with E-state index in [9.17, 15) is 4.39 Å². The SMILES string of the molecule is CN=C(NCCc1ccc(F)cc1)NCc1ccc(COC)cc1. The quantitative estimate of drug-likeness (QED) is 0.606. The van der Waals surface area contributed by atoms with Gasteiger partial charge in [0.1, 0.15) is 5.82 Å². The number of nitrogens with zero attached hydrogens (tertiary/aromatic N) is 1. The summed E-state index contributed by atoms with van der Waals surface area (Å²) in [5.41, 5.74) is 3.42. The van der Waals surface area contributed by atoms with E-state index in [1.165, 1.54) is 17.7 Å². The number of halogens is 1. The van der Waals surface area contributed by atoms with Crippen molar-refractivity contribution < 1.29 is 9.13 Å². The summed E-state index contributed by atoms with van der Waals surface area (Å²) in [6.07, 6.45) is 0.812. The molecule has 0 amide bonds. The van der Waals surface area contributed by atoms with E-state index in [1.54, 1.807) is 26.3 Å². The normalized spacial score (nSPS) is 11.4. The summed E-state index contributed by atoms with van der Waals surface area (Å²) >= 11 is 0. The Morgan fingerprint density at radius 1 is 0.958 bits per heavy atom. The lowest BCUT2D eigenvalue weighted by Crippen LogP contribution is -2.37. The van der Waals surface area contributed by atoms with Crippen molar-refractivity contribution in [3.63, 3.8) is 0 Å². The van der Waals surface area contributed by atoms with Crippen LogP contribution in [0.2, 0.25) is 0 Å². The Kier molecular flexibility index (Phi) is 7.23. The molecule has 2 aromatic carbocycles. The molecule has 128 valence electrons. The number of rotatable bonds is 7. The summed E-state index contributed by atoms with van der Waals surface area (Å²) in [6.45, 7) is 2.06. The molecular formula is C19H24FN3O. The molecule has 0 radical (unpaired) electrons. The summed E-state index contributed by atoms with van der Waals surface area (Å²) in [5.74, 6) is 0.541. The third kappa shape index (κ3) is 6.01. The van der Waals surface area contributed by atoms with E-state index in [0.29, 0.717) is 13.2 Å². The van der Waals surface area contributed by atoms with E-state index in [2.05, 4.69) is 39.9 Å². The predicted octanol–water partition coefficient (Wildman–Crippen LogP) is 2.88. The van der Waals surface area contributed by atoms with Gasteiger partial charge in [0.25, 0.3) is 0 Å². The zero-order chi connectivity index (χ0) is 17.2. The smallest absolute Gasteiger partial charge is 0.191 e. The van der Waals surface area contributed by atoms with Gasteiger partial charge in [-0.15, -0.1) is 0 Å². The van der Waals surface area contributed by atoms with Crippen LogP contribution < -0.4 is 10.6 Å². The van der Waals surface area contributed by atoms with E-state index in [-0.39, 0.29) is 5.82 Å². The van der Waals surface area contributed by atoms with Gasteiger partial charge in [0.15, 0.2) is 5.96 Å². The number of guanidine groups is 1. The molecule has 0 saturated carbocycles. The molecule has 0 fully saturated rings. The highest BCUT2D eigenvalue weighted by molar-refractivity contribution is 5.79. The summed E-state index contributed by atoms with van der Waals surface area (Å²) in [5, 5.41) is 6.54. The van der Waals surface area contributed by atoms with Crippen LogP contribution in [0.25, 0.3) is 0 Å². The highest BCUT2D eigenvalue weighted by Gasteiger charge is 2.00. The zero-order valence-corrected chi connectivity index (χ0v) is 14.2. The lowest BCUT2D eigenvalue weighted by atomic mass is 10.1. The van der Waals surface area contributed by atoms with E-state index < -0.39 is 0 Å². The standard InChI is InChI=1S/C19H24FN3O/c1-21-19(22-12-11-15-7-9-18(20)10-8-15)23-13-16-3-5-17(6-4-16)14-24-2/h3-10H,11-14H2,1-2H3,(H2,21,22,23). The first-order valence-electron chi connectivity index (χ1n) is 7.97. The van der Waals surface area contributed by atoms with E-state index in [4.69, 9.17) is 4.74 Å². The van der Waals surface area contributed by atoms with Crippen molar-refractivity contribution in [2.75, 3.05) is 20.7 Å². The Hall–Kier alpha value is -2.40. The van der Waals surface area contributed by atoms with E-state index in [1.807, 2.05) is 0 Å². The summed E-state index contributed by atoms with van der Waals surface area (Å²) in [6, 6.07) is 14.8. The zero-order valence-electron chi connectivity index (χ0n) is 14.2. The van der Waals surface area contributed by atoms with Gasteiger partial charge in [0, 0.05) is 27.2 Å². The van der Waals surface area contributed by atoms with Crippen LogP contribution in [0.1, 0.15) is 16.7 Å². The molecule has 2 rings (SSSR count). The molecule has 4 nitrogen and oxygen atoms in total. The molecule has 0 atom stereocenters. The van der Waals surface area contributed by atoms with Crippen LogP contribution in [0, 0.1) is 5.82 Å². The molecule has 0 aliphatic heterocycles. The van der Waals surface area contributed by atoms with Gasteiger partial charge in [-0.2, -0.15) is 0 Å². The summed E-state index contributed by atoms with van der Waals surface area (Å²) in [7, 11) is 3.44. The molecule has 0 aliphatic carbocycles. The number of benzene rings is 2. The minimum atomic E-state index is -0.208. The molecular weight excluding hydrogens is 305 g/mol. The van der Waals surface area contributed by atoms with Gasteiger partial charge in [-0.3, -0.25) is 4.99 Å². The molecule has 0 unspecified atom stereocenters. The lowest BCUT2D eigenvalue weighted by Gasteiger charge is -2.12. The fraction of sp³-hybridized carbons (Fsp3) is 0.316. The first-order chi connectivity index (χ1) is 11.7. The van der Waals surface area contributed by atoms with Crippen LogP contribution in [-0.2, 0) is 24.3 Å². The monoisotopic (exact) mass is 329 g/mol. The second-order valence-corrected chi connectivity index (χ2v) is 5.48. The molecule has 5 heteroatoms. The number of hydrogen-bond donors (Lipinski definition) is 2. The Labute approximate surface area is 142 Å². The Morgan fingerprint density at radius 2 is 1.58 bits per heavy atom. The van der Waals surface area contributed by atoms with Crippen LogP contribution in [0.5, 0.6) is 0 Å². The topological polar surface area (TPSA) is 45.7 Å². The van der Waals surface area contributed by atoms with Crippen molar-refractivity contribution in [3.05, 3.63) is 71.0 Å². The molecule has 0 aliphatic rings. The van der Waals surface area contributed by atoms with Crippen molar-refractivity contribution in [2.45, 2.75) is 19.6 Å². The van der Waals surface area contributed by atoms with Crippen molar-refractivity contribution >= 4 is 5.96 Å². The third-order valence-electron chi connectivity index (χ3n) is 3.64. The van der Waals surface area contributed by atoms with Crippen LogP contribution in [-0.4, -0.2) is 26.7 Å². The second-order valence-electron chi connectivity index (χ2n) is 5.48. The number of ether oxygens (including phenoxy) is 1. The molecule has 0 spiro atoms. The maximum absolute atomic E-state index is 12.9. The van der Waals surface area contributed by atoms with Gasteiger partial charge in [-0.1, -0.05) is 36.4 Å². The highest BCUT2D eigenvalue weighted by atomic mass is 19.1. The second kappa shape index (κ2) is 9.67. The van der Waals surface area contributed by atoms with Crippen molar-refractivity contribution in [3.8, 4) is 0 Å². The van der Waals surface area contributed by atoms with Gasteiger partial charge >= 0.3 is 0 Å². The number of hydrogen-bond acceptors (Lipinski definition) is 2. The van der Waals surface area contributed by atoms with Crippen molar-refractivity contribution in [1.29, 1.82) is 0 Å². The van der Waals surface area contributed by atoms with Crippen LogP contribution in [0.4, 0.5) is 4.39 Å². The molecule has 0 bridgehead atoms. The summed E-state index contributed by atoms with van der Waals surface area (Å²) in [4.78, 5) is 4.21. The van der Waals surface area contributed by atoms with Gasteiger partial charge in [0.2, 0.25) is 0 Å². The number of methoxy groups -OCH3 is 1. The average Bonchev–Trinajstić information content (AvgIpc) is 2.61. The Morgan fingerprint density at radius 3 is 2.21 bits per heavy atom. The largest absolute Gasteiger partial charge is 0.380 e. The van der Waals surface area contributed by atoms with Gasteiger partial charge in [-0.05, 0) is 35.2 Å². The van der Waals surface area contributed by atoms with E-state index in [0.717, 1.165) is 30.1 Å². The fourth-order valence-electron chi connectivity index (χ4n) is 2.30. The Bertz CT molecular complexity index is 639. The first kappa shape index (κ1) is 17.9. The third-order valence-corrected chi connectivity index (χ3v) is 3.64. The van der Waals surface area contributed by atoms with Gasteiger partial charge in [-0.25, -0.2) is 4.39 Å².